The van der Waals surface area contributed by atoms with Crippen molar-refractivity contribution in [1.82, 2.24) is 40.4 Å². The van der Waals surface area contributed by atoms with E-state index in [2.05, 4.69) is 83.8 Å². The molecular formula is C48H62N8O7. The first-order valence-electron chi connectivity index (χ1n) is 22.4. The summed E-state index contributed by atoms with van der Waals surface area (Å²) in [4.78, 5) is 61.4. The van der Waals surface area contributed by atoms with Crippen LogP contribution in [0.5, 0.6) is 5.75 Å². The maximum Gasteiger partial charge on any atom is 0.407 e. The van der Waals surface area contributed by atoms with Crippen molar-refractivity contribution in [2.24, 2.45) is 23.7 Å². The predicted molar refractivity (Wildman–Crippen MR) is 241 cm³/mol. The summed E-state index contributed by atoms with van der Waals surface area (Å²) in [5.74, 6) is 2.72. The molecule has 3 aliphatic rings. The Labute approximate surface area is 369 Å². The summed E-state index contributed by atoms with van der Waals surface area (Å²) < 4.78 is 22.2. The van der Waals surface area contributed by atoms with Crippen molar-refractivity contribution in [3.05, 3.63) is 65.9 Å². The van der Waals surface area contributed by atoms with Gasteiger partial charge in [0.15, 0.2) is 0 Å². The number of aromatic amines is 2. The molecule has 2 aromatic heterocycles. The molecule has 8 rings (SSSR count). The fourth-order valence-corrected chi connectivity index (χ4v) is 9.78. The topological polar surface area (TPSA) is 176 Å². The van der Waals surface area contributed by atoms with Crippen LogP contribution in [0.1, 0.15) is 89.6 Å². The van der Waals surface area contributed by atoms with Gasteiger partial charge in [0.1, 0.15) is 30.0 Å². The van der Waals surface area contributed by atoms with E-state index in [0.717, 1.165) is 92.8 Å². The zero-order valence-corrected chi connectivity index (χ0v) is 37.7. The van der Waals surface area contributed by atoms with E-state index in [1.54, 1.807) is 14.2 Å². The minimum absolute atomic E-state index is 0.0520. The Bertz CT molecular complexity index is 2470. The van der Waals surface area contributed by atoms with Crippen molar-refractivity contribution in [2.75, 3.05) is 47.8 Å². The van der Waals surface area contributed by atoms with E-state index in [1.807, 2.05) is 29.8 Å². The van der Waals surface area contributed by atoms with Crippen molar-refractivity contribution in [3.8, 4) is 28.1 Å². The Morgan fingerprint density at radius 3 is 2.37 bits per heavy atom. The Hall–Kier alpha value is -5.51. The van der Waals surface area contributed by atoms with Gasteiger partial charge in [-0.15, -0.1) is 0 Å². The van der Waals surface area contributed by atoms with E-state index in [-0.39, 0.29) is 53.6 Å². The van der Waals surface area contributed by atoms with Gasteiger partial charge in [0.2, 0.25) is 11.8 Å². The highest BCUT2D eigenvalue weighted by Gasteiger charge is 2.42. The van der Waals surface area contributed by atoms with E-state index in [0.29, 0.717) is 33.0 Å². The van der Waals surface area contributed by atoms with Crippen LogP contribution in [-0.2, 0) is 30.4 Å². The average molecular weight is 863 g/mol. The molecule has 8 atom stereocenters. The van der Waals surface area contributed by atoms with E-state index >= 15 is 0 Å². The molecule has 3 aliphatic heterocycles. The van der Waals surface area contributed by atoms with E-state index in [1.165, 1.54) is 7.11 Å². The second-order valence-corrected chi connectivity index (χ2v) is 17.9. The molecule has 0 radical (unpaired) electrons. The van der Waals surface area contributed by atoms with E-state index in [4.69, 9.17) is 28.9 Å². The Morgan fingerprint density at radius 1 is 0.873 bits per heavy atom. The lowest BCUT2D eigenvalue weighted by Crippen LogP contribution is -2.51. The number of hydrogen-bond acceptors (Lipinski definition) is 10. The lowest BCUT2D eigenvalue weighted by atomic mass is 9.92. The van der Waals surface area contributed by atoms with E-state index < -0.39 is 12.1 Å². The van der Waals surface area contributed by atoms with Crippen molar-refractivity contribution < 1.29 is 33.3 Å². The molecule has 5 aromatic rings. The molecule has 15 heteroatoms. The first-order chi connectivity index (χ1) is 30.5. The molecule has 63 heavy (non-hydrogen) atoms. The van der Waals surface area contributed by atoms with Crippen molar-refractivity contribution in [2.45, 2.75) is 91.1 Å². The fourth-order valence-electron chi connectivity index (χ4n) is 9.78. The smallest absolute Gasteiger partial charge is 0.407 e. The number of alkyl carbamates (subject to hydrolysis) is 1. The number of carbonyl (C=O) groups is 3. The largest absolute Gasteiger partial charge is 0.488 e. The minimum Gasteiger partial charge on any atom is -0.488 e. The molecule has 4 N–H and O–H groups in total. The quantitative estimate of drug-likeness (QED) is 0.0772. The molecule has 2 fully saturated rings. The summed E-state index contributed by atoms with van der Waals surface area (Å²) >= 11 is 0. The van der Waals surface area contributed by atoms with Crippen molar-refractivity contribution >= 4 is 39.7 Å². The van der Waals surface area contributed by atoms with Crippen molar-refractivity contribution in [1.29, 1.82) is 0 Å². The number of nitrogens with one attached hydrogen (secondary N) is 4. The molecule has 5 heterocycles. The van der Waals surface area contributed by atoms with Gasteiger partial charge in [-0.1, -0.05) is 65.7 Å². The number of carbonyl (C=O) groups excluding carboxylic acids is 3. The van der Waals surface area contributed by atoms with Gasteiger partial charge in [-0.2, -0.15) is 0 Å². The zero-order valence-electron chi connectivity index (χ0n) is 37.7. The number of amides is 3. The second kappa shape index (κ2) is 18.7. The van der Waals surface area contributed by atoms with Crippen molar-refractivity contribution in [3.63, 3.8) is 0 Å². The van der Waals surface area contributed by atoms with Crippen LogP contribution < -0.4 is 15.4 Å². The number of fused-ring (bicyclic) bond motifs is 6. The third kappa shape index (κ3) is 8.62. The molecule has 0 spiro atoms. The number of hydrogen-bond donors (Lipinski definition) is 4. The highest BCUT2D eigenvalue weighted by Crippen LogP contribution is 2.44. The van der Waals surface area contributed by atoms with Gasteiger partial charge in [0.25, 0.3) is 0 Å². The van der Waals surface area contributed by atoms with Crippen LogP contribution in [0, 0.1) is 23.7 Å². The lowest BCUT2D eigenvalue weighted by Gasteiger charge is -2.31. The molecule has 0 saturated carbocycles. The summed E-state index contributed by atoms with van der Waals surface area (Å²) in [6.45, 7) is 12.7. The van der Waals surface area contributed by atoms with Crippen LogP contribution in [0.15, 0.2) is 48.7 Å². The maximum absolute atomic E-state index is 14.2. The van der Waals surface area contributed by atoms with Crippen LogP contribution >= 0.6 is 0 Å². The predicted octanol–water partition coefficient (Wildman–Crippen LogP) is 7.49. The van der Waals surface area contributed by atoms with Gasteiger partial charge >= 0.3 is 6.09 Å². The number of rotatable bonds is 15. The summed E-state index contributed by atoms with van der Waals surface area (Å²) in [7, 11) is 4.64. The zero-order chi connectivity index (χ0) is 44.5. The summed E-state index contributed by atoms with van der Waals surface area (Å²) in [5, 5.41) is 8.12. The van der Waals surface area contributed by atoms with Gasteiger partial charge in [0.05, 0.1) is 61.5 Å². The third-order valence-electron chi connectivity index (χ3n) is 13.6. The van der Waals surface area contributed by atoms with Crippen LogP contribution in [0.2, 0.25) is 0 Å². The highest BCUT2D eigenvalue weighted by molar-refractivity contribution is 6.07. The molecule has 2 unspecified atom stereocenters. The fraction of sp³-hybridized carbons (Fsp3) is 0.521. The number of aromatic nitrogens is 4. The van der Waals surface area contributed by atoms with Gasteiger partial charge in [0, 0.05) is 44.2 Å². The normalized spacial score (nSPS) is 21.5. The summed E-state index contributed by atoms with van der Waals surface area (Å²) in [6.07, 6.45) is 4.31. The number of H-pyrrole nitrogens is 2. The lowest BCUT2D eigenvalue weighted by molar-refractivity contribution is -0.137. The number of benzene rings is 3. The van der Waals surface area contributed by atoms with Gasteiger partial charge in [-0.05, 0) is 76.9 Å². The third-order valence-corrected chi connectivity index (χ3v) is 13.6. The first kappa shape index (κ1) is 44.1. The monoisotopic (exact) mass is 862 g/mol. The molecule has 0 bridgehead atoms. The van der Waals surface area contributed by atoms with Gasteiger partial charge < -0.3 is 44.0 Å². The first-order valence-corrected chi connectivity index (χ1v) is 22.4. The average Bonchev–Trinajstić information content (AvgIpc) is 4.12. The number of ether oxygens (including phenoxy) is 4. The summed E-state index contributed by atoms with van der Waals surface area (Å²) in [5.41, 5.74) is 6.74. The van der Waals surface area contributed by atoms with Gasteiger partial charge in [-0.25, -0.2) is 14.8 Å². The number of methoxy groups -OCH3 is 3. The van der Waals surface area contributed by atoms with Crippen LogP contribution in [0.25, 0.3) is 44.2 Å². The van der Waals surface area contributed by atoms with Crippen LogP contribution in [-0.4, -0.2) is 107 Å². The number of likely N-dealkylation sites (tertiary alicyclic amines) is 2. The molecule has 336 valence electrons. The highest BCUT2D eigenvalue weighted by atomic mass is 16.5. The second-order valence-electron chi connectivity index (χ2n) is 17.9. The van der Waals surface area contributed by atoms with Gasteiger partial charge in [-0.3, -0.25) is 14.9 Å². The Morgan fingerprint density at radius 2 is 1.62 bits per heavy atom. The SMILES string of the molecule is CC[C@H](C)C(NC(=O)OC)C(=O)N1C[C@@H](C)C[C@H]1c1ncc(-c2ccc3c(c2)COc2cc4c(ccc5[nH]c([C@@H]6C[C@H](COC)CN6C(=O)C(NCOC)[C@@H](C)CC)nc54)cc2-3)[nH]1. The molecule has 3 amide bonds. The maximum atomic E-state index is 14.2. The molecule has 3 aromatic carbocycles. The minimum atomic E-state index is -0.695. The van der Waals surface area contributed by atoms with Crippen LogP contribution in [0.4, 0.5) is 4.79 Å². The molecule has 2 saturated heterocycles. The van der Waals surface area contributed by atoms with Crippen LogP contribution in [0.3, 0.4) is 0 Å². The molecule has 15 nitrogen and oxygen atoms in total. The molecular weight excluding hydrogens is 801 g/mol. The molecule has 0 aliphatic carbocycles. The number of imidazole rings is 2. The Balaban J connectivity index is 1.05. The number of nitrogens with zero attached hydrogens (tertiary/aromatic N) is 4. The standard InChI is InChI=1S/C48H62N8O7/c1-9-27(4)41(50-25-61-7)46(57)56-22-29(23-60-6)16-39(56)45-51-36-14-12-30-18-35-33-13-11-31(17-32(33)24-63-40(35)19-34(30)43(36)53-45)37-20-49-44(52-37)38-15-26(3)21-55(38)47(58)42(28(5)10-2)54-48(59)62-8/h11-14,17-20,26-29,38-39,41-42,50H,9-10,15-16,21-25H2,1-8H3,(H,49,52)(H,51,53)(H,54,59)/t26-,27-,28-,29-,38-,39-,41?,42?/m0/s1. The Kier molecular flexibility index (Phi) is 13.1. The summed E-state index contributed by atoms with van der Waals surface area (Å²) in [6, 6.07) is 13.3. The van der Waals surface area contributed by atoms with E-state index in [9.17, 15) is 14.4 Å².